The number of aromatic amines is 1. The number of methoxy groups -OCH3 is 2. The number of hydrogen-bond donors (Lipinski definition) is 2. The first-order valence-corrected chi connectivity index (χ1v) is 9.44. The van der Waals surface area contributed by atoms with Crippen molar-refractivity contribution in [3.8, 4) is 22.9 Å². The fourth-order valence-corrected chi connectivity index (χ4v) is 3.26. The molecule has 1 aromatic heterocycles. The minimum absolute atomic E-state index is 0.261. The van der Waals surface area contributed by atoms with Crippen LogP contribution in [0.3, 0.4) is 0 Å². The Hall–Kier alpha value is -4.06. The zero-order valence-electron chi connectivity index (χ0n) is 16.7. The zero-order valence-corrected chi connectivity index (χ0v) is 16.7. The predicted molar refractivity (Wildman–Crippen MR) is 119 cm³/mol. The molecular weight excluding hydrogens is 378 g/mol. The topological polar surface area (TPSA) is 76.2 Å². The Kier molecular flexibility index (Phi) is 5.48. The number of fused-ring (bicyclic) bond motifs is 1. The molecule has 30 heavy (non-hydrogen) atoms. The molecule has 3 aromatic carbocycles. The highest BCUT2D eigenvalue weighted by Gasteiger charge is 2.11. The lowest BCUT2D eigenvalue weighted by Crippen LogP contribution is -2.09. The van der Waals surface area contributed by atoms with Crippen LogP contribution in [0.1, 0.15) is 5.56 Å². The molecule has 0 aliphatic rings. The second-order valence-corrected chi connectivity index (χ2v) is 6.55. The number of anilines is 1. The Morgan fingerprint density at radius 2 is 1.77 bits per heavy atom. The smallest absolute Gasteiger partial charge is 0.248 e. The summed E-state index contributed by atoms with van der Waals surface area (Å²) in [6.07, 6.45) is 3.16. The molecule has 4 rings (SSSR count). The van der Waals surface area contributed by atoms with Crippen LogP contribution in [0.15, 0.2) is 72.8 Å². The molecule has 0 saturated heterocycles. The van der Waals surface area contributed by atoms with Crippen LogP contribution in [-0.4, -0.2) is 30.1 Å². The highest BCUT2D eigenvalue weighted by Crippen LogP contribution is 2.32. The molecule has 0 atom stereocenters. The molecule has 1 heterocycles. The van der Waals surface area contributed by atoms with E-state index in [1.807, 2.05) is 60.7 Å². The standard InChI is InChI=1S/C24H21N3O3/c1-29-21-13-7-8-16(23(21)30-2)14-15-22(28)25-18-10-4-3-9-17(18)24-26-19-11-5-6-12-20(19)27-24/h3-15H,1-2H3,(H,25,28)(H,26,27)/b15-14+. The van der Waals surface area contributed by atoms with Gasteiger partial charge in [0.25, 0.3) is 0 Å². The van der Waals surface area contributed by atoms with Gasteiger partial charge in [0.1, 0.15) is 5.82 Å². The molecule has 0 fully saturated rings. The molecule has 6 heteroatoms. The Labute approximate surface area is 174 Å². The quantitative estimate of drug-likeness (QED) is 0.452. The van der Waals surface area contributed by atoms with Gasteiger partial charge in [0.15, 0.2) is 11.5 Å². The Morgan fingerprint density at radius 1 is 0.967 bits per heavy atom. The average molecular weight is 399 g/mol. The molecule has 0 aliphatic carbocycles. The number of H-pyrrole nitrogens is 1. The fourth-order valence-electron chi connectivity index (χ4n) is 3.26. The third-order valence-corrected chi connectivity index (χ3v) is 4.68. The summed E-state index contributed by atoms with van der Waals surface area (Å²) in [7, 11) is 3.14. The summed E-state index contributed by atoms with van der Waals surface area (Å²) in [6, 6.07) is 20.9. The van der Waals surface area contributed by atoms with E-state index in [9.17, 15) is 4.79 Å². The van der Waals surface area contributed by atoms with Crippen LogP contribution in [0.25, 0.3) is 28.5 Å². The van der Waals surface area contributed by atoms with Gasteiger partial charge in [0, 0.05) is 17.2 Å². The number of carbonyl (C=O) groups is 1. The molecule has 150 valence electrons. The number of nitrogens with zero attached hydrogens (tertiary/aromatic N) is 1. The monoisotopic (exact) mass is 399 g/mol. The van der Waals surface area contributed by atoms with E-state index >= 15 is 0 Å². The van der Waals surface area contributed by atoms with Gasteiger partial charge in [-0.3, -0.25) is 4.79 Å². The van der Waals surface area contributed by atoms with Crippen LogP contribution < -0.4 is 14.8 Å². The normalized spacial score (nSPS) is 11.0. The minimum Gasteiger partial charge on any atom is -0.493 e. The molecule has 2 N–H and O–H groups in total. The van der Waals surface area contributed by atoms with Crippen LogP contribution >= 0.6 is 0 Å². The molecular formula is C24H21N3O3. The third kappa shape index (κ3) is 3.89. The van der Waals surface area contributed by atoms with Gasteiger partial charge in [-0.15, -0.1) is 0 Å². The number of ether oxygens (including phenoxy) is 2. The van der Waals surface area contributed by atoms with E-state index in [1.165, 1.54) is 6.08 Å². The van der Waals surface area contributed by atoms with Crippen LogP contribution in [0, 0.1) is 0 Å². The first kappa shape index (κ1) is 19.3. The van der Waals surface area contributed by atoms with Gasteiger partial charge in [-0.2, -0.15) is 0 Å². The maximum absolute atomic E-state index is 12.6. The summed E-state index contributed by atoms with van der Waals surface area (Å²) >= 11 is 0. The van der Waals surface area contributed by atoms with Crippen molar-refractivity contribution in [2.24, 2.45) is 0 Å². The highest BCUT2D eigenvalue weighted by atomic mass is 16.5. The summed E-state index contributed by atoms with van der Waals surface area (Å²) in [6.45, 7) is 0. The van der Waals surface area contributed by atoms with Crippen molar-refractivity contribution in [2.45, 2.75) is 0 Å². The van der Waals surface area contributed by atoms with Crippen LogP contribution in [0.4, 0.5) is 5.69 Å². The molecule has 0 aliphatic heterocycles. The van der Waals surface area contributed by atoms with E-state index in [2.05, 4.69) is 15.3 Å². The fraction of sp³-hybridized carbons (Fsp3) is 0.0833. The molecule has 0 unspecified atom stereocenters. The maximum atomic E-state index is 12.6. The minimum atomic E-state index is -0.261. The van der Waals surface area contributed by atoms with E-state index in [-0.39, 0.29) is 5.91 Å². The SMILES string of the molecule is COc1cccc(/C=C/C(=O)Nc2ccccc2-c2nc3ccccc3[nH]2)c1OC. The molecule has 4 aromatic rings. The summed E-state index contributed by atoms with van der Waals surface area (Å²) in [5, 5.41) is 2.93. The van der Waals surface area contributed by atoms with E-state index < -0.39 is 0 Å². The van der Waals surface area contributed by atoms with Crippen LogP contribution in [-0.2, 0) is 4.79 Å². The predicted octanol–water partition coefficient (Wildman–Crippen LogP) is 4.90. The van der Waals surface area contributed by atoms with Crippen LogP contribution in [0.2, 0.25) is 0 Å². The largest absolute Gasteiger partial charge is 0.493 e. The maximum Gasteiger partial charge on any atom is 0.248 e. The molecule has 0 radical (unpaired) electrons. The molecule has 6 nitrogen and oxygen atoms in total. The van der Waals surface area contributed by atoms with Crippen molar-refractivity contribution in [2.75, 3.05) is 19.5 Å². The van der Waals surface area contributed by atoms with Crippen LogP contribution in [0.5, 0.6) is 11.5 Å². The molecule has 1 amide bonds. The van der Waals surface area contributed by atoms with Crippen molar-refractivity contribution >= 4 is 28.7 Å². The first-order chi connectivity index (χ1) is 14.7. The lowest BCUT2D eigenvalue weighted by Gasteiger charge is -2.10. The van der Waals surface area contributed by atoms with Gasteiger partial charge in [0.05, 0.1) is 30.9 Å². The lowest BCUT2D eigenvalue weighted by atomic mass is 10.1. The van der Waals surface area contributed by atoms with Crippen molar-refractivity contribution in [1.82, 2.24) is 9.97 Å². The number of benzene rings is 3. The number of carbonyl (C=O) groups excluding carboxylic acids is 1. The van der Waals surface area contributed by atoms with Crippen molar-refractivity contribution in [3.63, 3.8) is 0 Å². The molecule has 0 spiro atoms. The zero-order chi connectivity index (χ0) is 20.9. The molecule has 0 saturated carbocycles. The Morgan fingerprint density at radius 3 is 2.57 bits per heavy atom. The average Bonchev–Trinajstić information content (AvgIpc) is 3.21. The first-order valence-electron chi connectivity index (χ1n) is 9.44. The van der Waals surface area contributed by atoms with Gasteiger partial charge >= 0.3 is 0 Å². The van der Waals surface area contributed by atoms with Crippen molar-refractivity contribution in [1.29, 1.82) is 0 Å². The summed E-state index contributed by atoms with van der Waals surface area (Å²) < 4.78 is 10.7. The van der Waals surface area contributed by atoms with Crippen molar-refractivity contribution in [3.05, 3.63) is 78.4 Å². The van der Waals surface area contributed by atoms with E-state index in [1.54, 1.807) is 26.4 Å². The Balaban J connectivity index is 1.58. The number of hydrogen-bond acceptors (Lipinski definition) is 4. The van der Waals surface area contributed by atoms with Gasteiger partial charge in [-0.25, -0.2) is 4.98 Å². The lowest BCUT2D eigenvalue weighted by molar-refractivity contribution is -0.111. The highest BCUT2D eigenvalue weighted by molar-refractivity contribution is 6.04. The second-order valence-electron chi connectivity index (χ2n) is 6.55. The van der Waals surface area contributed by atoms with Gasteiger partial charge in [-0.05, 0) is 36.4 Å². The third-order valence-electron chi connectivity index (χ3n) is 4.68. The number of rotatable bonds is 6. The number of imidazole rings is 1. The van der Waals surface area contributed by atoms with Gasteiger partial charge in [0.2, 0.25) is 5.91 Å². The van der Waals surface area contributed by atoms with Crippen molar-refractivity contribution < 1.29 is 14.3 Å². The summed E-state index contributed by atoms with van der Waals surface area (Å²) in [4.78, 5) is 20.5. The van der Waals surface area contributed by atoms with E-state index in [4.69, 9.17) is 9.47 Å². The Bertz CT molecular complexity index is 1190. The number of para-hydroxylation sites is 4. The molecule has 0 bridgehead atoms. The summed E-state index contributed by atoms with van der Waals surface area (Å²) in [5.74, 6) is 1.62. The number of aromatic nitrogens is 2. The van der Waals surface area contributed by atoms with Gasteiger partial charge < -0.3 is 19.8 Å². The van der Waals surface area contributed by atoms with Gasteiger partial charge in [-0.1, -0.05) is 36.4 Å². The number of nitrogens with one attached hydrogen (secondary N) is 2. The van der Waals surface area contributed by atoms with E-state index in [0.717, 1.165) is 22.2 Å². The van der Waals surface area contributed by atoms with E-state index in [0.29, 0.717) is 23.0 Å². The summed E-state index contributed by atoms with van der Waals surface area (Å²) in [5.41, 5.74) is 4.05. The second kappa shape index (κ2) is 8.53. The number of amides is 1.